The minimum Gasteiger partial charge on any atom is -0.478 e. The Morgan fingerprint density at radius 2 is 2.00 bits per heavy atom. The zero-order chi connectivity index (χ0) is 19.4. The summed E-state index contributed by atoms with van der Waals surface area (Å²) in [6.07, 6.45) is 2.17. The molecule has 6 heteroatoms. The molecule has 2 N–H and O–H groups in total. The average molecular weight is 384 g/mol. The van der Waals surface area contributed by atoms with Crippen molar-refractivity contribution >= 4 is 26.3 Å². The van der Waals surface area contributed by atoms with E-state index in [0.717, 1.165) is 27.7 Å². The molecule has 140 valence electrons. The Labute approximate surface area is 160 Å². The molecule has 1 aromatic heterocycles. The number of fused-ring (bicyclic) bond motifs is 1. The Bertz CT molecular complexity index is 996. The first kappa shape index (κ1) is 19.3. The van der Waals surface area contributed by atoms with Gasteiger partial charge in [0.05, 0.1) is 12.1 Å². The van der Waals surface area contributed by atoms with E-state index in [1.807, 2.05) is 41.8 Å². The van der Waals surface area contributed by atoms with Gasteiger partial charge >= 0.3 is 5.97 Å². The van der Waals surface area contributed by atoms with Crippen molar-refractivity contribution in [2.24, 2.45) is 0 Å². The number of aromatic nitrogens is 1. The third-order valence-corrected chi connectivity index (χ3v) is 4.91. The SMILES string of the molecule is Cc1c(Cc2ccccc2)c2cc(C(=O)O)ccc2n1C/C(F)=C/CNP. The minimum atomic E-state index is -0.967. The number of aromatic carboxylic acids is 1. The van der Waals surface area contributed by atoms with Gasteiger partial charge in [0.25, 0.3) is 0 Å². The molecular weight excluding hydrogens is 362 g/mol. The van der Waals surface area contributed by atoms with Gasteiger partial charge in [-0.3, -0.25) is 5.09 Å². The molecule has 4 nitrogen and oxygen atoms in total. The second-order valence-corrected chi connectivity index (χ2v) is 6.82. The first-order valence-corrected chi connectivity index (χ1v) is 9.26. The van der Waals surface area contributed by atoms with Gasteiger partial charge < -0.3 is 9.67 Å². The Hall–Kier alpha value is -2.49. The molecule has 2 aromatic carbocycles. The van der Waals surface area contributed by atoms with E-state index in [4.69, 9.17) is 0 Å². The Morgan fingerprint density at radius 1 is 1.26 bits per heavy atom. The van der Waals surface area contributed by atoms with Crippen LogP contribution in [0.4, 0.5) is 4.39 Å². The fourth-order valence-corrected chi connectivity index (χ4v) is 3.41. The molecule has 0 radical (unpaired) electrons. The molecule has 0 fully saturated rings. The summed E-state index contributed by atoms with van der Waals surface area (Å²) in [5.74, 6) is -1.20. The van der Waals surface area contributed by atoms with Crippen LogP contribution in [0.25, 0.3) is 10.9 Å². The summed E-state index contributed by atoms with van der Waals surface area (Å²) in [6.45, 7) is 2.50. The molecule has 27 heavy (non-hydrogen) atoms. The first-order valence-electron chi connectivity index (χ1n) is 8.68. The second-order valence-electron chi connectivity index (χ2n) is 6.41. The van der Waals surface area contributed by atoms with Crippen LogP contribution in [0.2, 0.25) is 0 Å². The van der Waals surface area contributed by atoms with E-state index in [9.17, 15) is 14.3 Å². The first-order chi connectivity index (χ1) is 13.0. The van der Waals surface area contributed by atoms with Crippen LogP contribution >= 0.6 is 9.39 Å². The summed E-state index contributed by atoms with van der Waals surface area (Å²) in [5, 5.41) is 13.0. The van der Waals surface area contributed by atoms with Gasteiger partial charge in [-0.15, -0.1) is 0 Å². The minimum absolute atomic E-state index is 0.121. The van der Waals surface area contributed by atoms with Crippen molar-refractivity contribution in [2.45, 2.75) is 19.9 Å². The summed E-state index contributed by atoms with van der Waals surface area (Å²) in [4.78, 5) is 11.4. The normalized spacial score (nSPS) is 11.9. The third-order valence-electron chi connectivity index (χ3n) is 4.68. The van der Waals surface area contributed by atoms with E-state index in [-0.39, 0.29) is 17.9 Å². The van der Waals surface area contributed by atoms with Crippen molar-refractivity contribution in [3.05, 3.63) is 82.8 Å². The topological polar surface area (TPSA) is 54.3 Å². The number of hydrogen-bond donors (Lipinski definition) is 2. The fourth-order valence-electron chi connectivity index (χ4n) is 3.30. The second kappa shape index (κ2) is 8.47. The number of carbonyl (C=O) groups is 1. The number of hydrogen-bond acceptors (Lipinski definition) is 2. The highest BCUT2D eigenvalue weighted by molar-refractivity contribution is 7.13. The quantitative estimate of drug-likeness (QED) is 0.591. The molecule has 0 aliphatic heterocycles. The van der Waals surface area contributed by atoms with Crippen molar-refractivity contribution in [1.29, 1.82) is 0 Å². The van der Waals surface area contributed by atoms with E-state index in [1.54, 1.807) is 18.2 Å². The third kappa shape index (κ3) is 4.26. The van der Waals surface area contributed by atoms with E-state index in [1.165, 1.54) is 6.08 Å². The molecule has 0 spiro atoms. The Kier molecular flexibility index (Phi) is 6.04. The van der Waals surface area contributed by atoms with Crippen LogP contribution < -0.4 is 5.09 Å². The standard InChI is InChI=1S/C21H22FN2O2P/c1-14-18(11-15-5-3-2-4-6-15)19-12-16(21(25)26)7-8-20(19)24(14)13-17(22)9-10-23-27/h2-9,12,23H,10-11,13,27H2,1H3,(H,25,26)/b17-9-. The number of benzene rings is 2. The molecular formula is C21H22FN2O2P. The van der Waals surface area contributed by atoms with Gasteiger partial charge in [0.2, 0.25) is 0 Å². The predicted molar refractivity (Wildman–Crippen MR) is 110 cm³/mol. The Balaban J connectivity index is 2.12. The molecule has 0 aliphatic rings. The maximum absolute atomic E-state index is 14.3. The van der Waals surface area contributed by atoms with E-state index < -0.39 is 5.97 Å². The molecule has 1 unspecified atom stereocenters. The van der Waals surface area contributed by atoms with E-state index in [2.05, 4.69) is 14.5 Å². The van der Waals surface area contributed by atoms with Crippen LogP contribution in [0.1, 0.15) is 27.2 Å². The molecule has 0 bridgehead atoms. The van der Waals surface area contributed by atoms with Gasteiger partial charge in [-0.2, -0.15) is 0 Å². The number of halogens is 1. The molecule has 0 amide bonds. The lowest BCUT2D eigenvalue weighted by Crippen LogP contribution is -2.04. The Morgan fingerprint density at radius 3 is 2.67 bits per heavy atom. The van der Waals surface area contributed by atoms with Crippen molar-refractivity contribution in [3.8, 4) is 0 Å². The highest BCUT2D eigenvalue weighted by atomic mass is 31.0. The average Bonchev–Trinajstić information content (AvgIpc) is 2.92. The van der Waals surface area contributed by atoms with Gasteiger partial charge in [-0.25, -0.2) is 9.18 Å². The van der Waals surface area contributed by atoms with Crippen molar-refractivity contribution in [2.75, 3.05) is 6.54 Å². The molecule has 0 aliphatic carbocycles. The fraction of sp³-hybridized carbons (Fsp3) is 0.190. The van der Waals surface area contributed by atoms with Crippen LogP contribution in [-0.2, 0) is 13.0 Å². The monoisotopic (exact) mass is 384 g/mol. The number of nitrogens with one attached hydrogen (secondary N) is 1. The van der Waals surface area contributed by atoms with Gasteiger partial charge in [-0.05, 0) is 48.7 Å². The molecule has 3 aromatic rings. The van der Waals surface area contributed by atoms with Crippen LogP contribution in [0.15, 0.2) is 60.4 Å². The summed E-state index contributed by atoms with van der Waals surface area (Å²) >= 11 is 0. The van der Waals surface area contributed by atoms with Crippen LogP contribution in [-0.4, -0.2) is 22.2 Å². The number of nitrogens with zero attached hydrogens (tertiary/aromatic N) is 1. The van der Waals surface area contributed by atoms with Gasteiger partial charge in [0.1, 0.15) is 5.83 Å². The summed E-state index contributed by atoms with van der Waals surface area (Å²) in [5.41, 5.74) is 4.17. The van der Waals surface area contributed by atoms with Gasteiger partial charge in [-0.1, -0.05) is 39.7 Å². The smallest absolute Gasteiger partial charge is 0.335 e. The van der Waals surface area contributed by atoms with Crippen molar-refractivity contribution in [3.63, 3.8) is 0 Å². The zero-order valence-electron chi connectivity index (χ0n) is 15.1. The van der Waals surface area contributed by atoms with Gasteiger partial charge in [0, 0.05) is 23.1 Å². The van der Waals surface area contributed by atoms with E-state index in [0.29, 0.717) is 13.0 Å². The summed E-state index contributed by atoms with van der Waals surface area (Å²) in [7, 11) is 2.34. The number of allylic oxidation sites excluding steroid dienone is 1. The number of carboxylic acids is 1. The molecule has 1 atom stereocenters. The lowest BCUT2D eigenvalue weighted by molar-refractivity contribution is 0.0697. The zero-order valence-corrected chi connectivity index (χ0v) is 16.2. The maximum atomic E-state index is 14.3. The maximum Gasteiger partial charge on any atom is 0.335 e. The van der Waals surface area contributed by atoms with Crippen LogP contribution in [0.3, 0.4) is 0 Å². The molecule has 1 heterocycles. The predicted octanol–water partition coefficient (Wildman–Crippen LogP) is 4.47. The molecule has 0 saturated heterocycles. The van der Waals surface area contributed by atoms with Crippen molar-refractivity contribution < 1.29 is 14.3 Å². The van der Waals surface area contributed by atoms with E-state index >= 15 is 0 Å². The largest absolute Gasteiger partial charge is 0.478 e. The number of carboxylic acid groups (broad SMARTS) is 1. The highest BCUT2D eigenvalue weighted by Crippen LogP contribution is 2.30. The molecule has 0 saturated carbocycles. The summed E-state index contributed by atoms with van der Waals surface area (Å²) < 4.78 is 16.2. The van der Waals surface area contributed by atoms with Crippen molar-refractivity contribution in [1.82, 2.24) is 9.65 Å². The number of rotatable bonds is 7. The molecule has 3 rings (SSSR count). The van der Waals surface area contributed by atoms with Gasteiger partial charge in [0.15, 0.2) is 0 Å². The lowest BCUT2D eigenvalue weighted by atomic mass is 10.0. The lowest BCUT2D eigenvalue weighted by Gasteiger charge is -2.08. The summed E-state index contributed by atoms with van der Waals surface area (Å²) in [6, 6.07) is 15.0. The van der Waals surface area contributed by atoms with Crippen LogP contribution in [0.5, 0.6) is 0 Å². The van der Waals surface area contributed by atoms with Crippen LogP contribution in [0, 0.1) is 6.92 Å². The highest BCUT2D eigenvalue weighted by Gasteiger charge is 2.17.